The molecular formula is C15H6N12O6. The topological polar surface area (TPSA) is 267 Å². The molecule has 0 fully saturated rings. The Balaban J connectivity index is 1.84. The van der Waals surface area contributed by atoms with Crippen molar-refractivity contribution in [2.75, 3.05) is 0 Å². The fraction of sp³-hybridized carbons (Fsp3) is 0. The maximum Gasteiger partial charge on any atom is 0.377 e. The zero-order valence-corrected chi connectivity index (χ0v) is 15.7. The number of nitrogens with zero attached hydrogens (tertiary/aromatic N) is 12. The van der Waals surface area contributed by atoms with Gasteiger partial charge in [0.2, 0.25) is 17.5 Å². The molecule has 0 radical (unpaired) electrons. The highest BCUT2D eigenvalue weighted by Gasteiger charge is 2.17. The molecule has 18 heteroatoms. The van der Waals surface area contributed by atoms with Crippen LogP contribution in [0.4, 0.5) is 0 Å². The molecule has 0 amide bonds. The molecule has 0 atom stereocenters. The highest BCUT2D eigenvalue weighted by Crippen LogP contribution is 2.27. The summed E-state index contributed by atoms with van der Waals surface area (Å²) in [5, 5.41) is 69.7. The van der Waals surface area contributed by atoms with Crippen LogP contribution in [0.15, 0.2) is 18.2 Å². The van der Waals surface area contributed by atoms with Crippen molar-refractivity contribution in [2.24, 2.45) is 0 Å². The Hall–Kier alpha value is -5.55. The lowest BCUT2D eigenvalue weighted by atomic mass is 10.0. The summed E-state index contributed by atoms with van der Waals surface area (Å²) in [4.78, 5) is 32.8. The SMILES string of the molecule is O=C(O)c1nnc(-c2cc(-c3nnc(C(=O)O)nn3)cc(-c3nnc(C(=O)O)nn3)c2)nn1. The van der Waals surface area contributed by atoms with E-state index in [-0.39, 0.29) is 34.2 Å². The standard InChI is InChI=1S/C15H6N12O6/c28-13(29)10-22-16-7(17-23-10)4-1-5(8-18-24-11(14(30)31)25-19-8)3-6(2-4)9-20-26-12(15(32)33)27-21-9/h1-3H,(H,28,29)(H,30,31)(H,32,33). The van der Waals surface area contributed by atoms with Crippen LogP contribution >= 0.6 is 0 Å². The fourth-order valence-electron chi connectivity index (χ4n) is 2.31. The Morgan fingerprint density at radius 1 is 0.424 bits per heavy atom. The van der Waals surface area contributed by atoms with Crippen LogP contribution in [0.3, 0.4) is 0 Å². The van der Waals surface area contributed by atoms with Gasteiger partial charge in [0, 0.05) is 16.7 Å². The Labute approximate surface area is 179 Å². The number of rotatable bonds is 6. The van der Waals surface area contributed by atoms with Crippen molar-refractivity contribution in [1.29, 1.82) is 0 Å². The molecule has 0 spiro atoms. The zero-order chi connectivity index (χ0) is 23.5. The van der Waals surface area contributed by atoms with Gasteiger partial charge in [-0.25, -0.2) is 14.4 Å². The van der Waals surface area contributed by atoms with Crippen LogP contribution in [-0.4, -0.2) is 94.4 Å². The molecule has 4 rings (SSSR count). The molecule has 162 valence electrons. The van der Waals surface area contributed by atoms with E-state index in [1.54, 1.807) is 0 Å². The molecule has 0 saturated carbocycles. The first-order valence-corrected chi connectivity index (χ1v) is 8.40. The molecule has 3 aromatic heterocycles. The highest BCUT2D eigenvalue weighted by molar-refractivity contribution is 5.84. The van der Waals surface area contributed by atoms with Gasteiger partial charge >= 0.3 is 17.9 Å². The van der Waals surface area contributed by atoms with Gasteiger partial charge in [0.05, 0.1) is 0 Å². The van der Waals surface area contributed by atoms with Gasteiger partial charge in [-0.1, -0.05) is 0 Å². The second-order valence-corrected chi connectivity index (χ2v) is 5.86. The smallest absolute Gasteiger partial charge is 0.377 e. The fourth-order valence-corrected chi connectivity index (χ4v) is 2.31. The molecular weight excluding hydrogens is 444 g/mol. The predicted octanol–water partition coefficient (Wildman–Crippen LogP) is -1.48. The van der Waals surface area contributed by atoms with Gasteiger partial charge in [-0.2, -0.15) is 0 Å². The molecule has 0 saturated heterocycles. The van der Waals surface area contributed by atoms with Crippen molar-refractivity contribution in [3.63, 3.8) is 0 Å². The first-order valence-electron chi connectivity index (χ1n) is 8.40. The molecule has 0 aliphatic rings. The van der Waals surface area contributed by atoms with Gasteiger partial charge in [0.15, 0.2) is 0 Å². The number of hydrogen-bond donors (Lipinski definition) is 3. The Bertz CT molecular complexity index is 1200. The lowest BCUT2D eigenvalue weighted by Gasteiger charge is -2.06. The van der Waals surface area contributed by atoms with Crippen LogP contribution in [-0.2, 0) is 0 Å². The molecule has 3 N–H and O–H groups in total. The maximum absolute atomic E-state index is 10.9. The minimum Gasteiger partial charge on any atom is -0.475 e. The van der Waals surface area contributed by atoms with E-state index in [1.807, 2.05) is 0 Å². The molecule has 4 aromatic rings. The lowest BCUT2D eigenvalue weighted by molar-refractivity contribution is 0.0669. The highest BCUT2D eigenvalue weighted by atomic mass is 16.4. The van der Waals surface area contributed by atoms with Crippen LogP contribution < -0.4 is 0 Å². The monoisotopic (exact) mass is 450 g/mol. The van der Waals surface area contributed by atoms with Crippen molar-refractivity contribution in [1.82, 2.24) is 61.2 Å². The van der Waals surface area contributed by atoms with Crippen molar-refractivity contribution in [3.8, 4) is 34.2 Å². The Morgan fingerprint density at radius 3 is 0.818 bits per heavy atom. The maximum atomic E-state index is 10.9. The van der Waals surface area contributed by atoms with Gasteiger partial charge in [0.25, 0.3) is 17.5 Å². The van der Waals surface area contributed by atoms with Gasteiger partial charge in [0.1, 0.15) is 0 Å². The third-order valence-electron chi connectivity index (χ3n) is 3.72. The Kier molecular flexibility index (Phi) is 5.21. The van der Waals surface area contributed by atoms with Crippen LogP contribution in [0.1, 0.15) is 31.9 Å². The quantitative estimate of drug-likeness (QED) is 0.302. The van der Waals surface area contributed by atoms with Crippen LogP contribution in [0.25, 0.3) is 34.2 Å². The van der Waals surface area contributed by atoms with Crippen molar-refractivity contribution < 1.29 is 29.7 Å². The third-order valence-corrected chi connectivity index (χ3v) is 3.72. The van der Waals surface area contributed by atoms with E-state index in [9.17, 15) is 14.4 Å². The van der Waals surface area contributed by atoms with E-state index >= 15 is 0 Å². The Morgan fingerprint density at radius 2 is 0.636 bits per heavy atom. The summed E-state index contributed by atoms with van der Waals surface area (Å²) < 4.78 is 0. The number of hydrogen-bond acceptors (Lipinski definition) is 15. The first kappa shape index (κ1) is 20.7. The minimum atomic E-state index is -1.43. The van der Waals surface area contributed by atoms with Gasteiger partial charge < -0.3 is 15.3 Å². The molecule has 0 bridgehead atoms. The number of carboxylic acid groups (broad SMARTS) is 3. The summed E-state index contributed by atoms with van der Waals surface area (Å²) in [5.74, 6) is -6.47. The number of carboxylic acids is 3. The van der Waals surface area contributed by atoms with Crippen molar-refractivity contribution in [3.05, 3.63) is 35.7 Å². The van der Waals surface area contributed by atoms with E-state index in [0.29, 0.717) is 0 Å². The number of aromatic carboxylic acids is 3. The van der Waals surface area contributed by atoms with E-state index in [2.05, 4.69) is 61.2 Å². The lowest BCUT2D eigenvalue weighted by Crippen LogP contribution is -2.10. The summed E-state index contributed by atoms with van der Waals surface area (Å²) in [6.45, 7) is 0. The first-order chi connectivity index (χ1) is 15.8. The summed E-state index contributed by atoms with van der Waals surface area (Å²) in [5.41, 5.74) is 0.656. The van der Waals surface area contributed by atoms with Crippen LogP contribution in [0.5, 0.6) is 0 Å². The predicted molar refractivity (Wildman–Crippen MR) is 97.2 cm³/mol. The summed E-state index contributed by atoms with van der Waals surface area (Å²) in [6, 6.07) is 4.32. The van der Waals surface area contributed by atoms with Crippen molar-refractivity contribution >= 4 is 17.9 Å². The van der Waals surface area contributed by atoms with Crippen LogP contribution in [0.2, 0.25) is 0 Å². The molecule has 33 heavy (non-hydrogen) atoms. The van der Waals surface area contributed by atoms with Gasteiger partial charge in [-0.15, -0.1) is 61.2 Å². The third kappa shape index (κ3) is 4.33. The molecule has 0 unspecified atom stereocenters. The van der Waals surface area contributed by atoms with E-state index in [0.717, 1.165) is 0 Å². The average Bonchev–Trinajstić information content (AvgIpc) is 2.84. The minimum absolute atomic E-state index is 0.103. The van der Waals surface area contributed by atoms with E-state index < -0.39 is 35.4 Å². The van der Waals surface area contributed by atoms with E-state index in [4.69, 9.17) is 15.3 Å². The number of carbonyl (C=O) groups is 3. The average molecular weight is 450 g/mol. The molecule has 0 aliphatic carbocycles. The normalized spacial score (nSPS) is 10.5. The zero-order valence-electron chi connectivity index (χ0n) is 15.7. The summed E-state index contributed by atoms with van der Waals surface area (Å²) >= 11 is 0. The molecule has 0 aliphatic heterocycles. The number of benzene rings is 1. The summed E-state index contributed by atoms with van der Waals surface area (Å²) in [7, 11) is 0. The van der Waals surface area contributed by atoms with Crippen molar-refractivity contribution in [2.45, 2.75) is 0 Å². The largest absolute Gasteiger partial charge is 0.475 e. The summed E-state index contributed by atoms with van der Waals surface area (Å²) in [6.07, 6.45) is 0. The van der Waals surface area contributed by atoms with Gasteiger partial charge in [-0.05, 0) is 18.2 Å². The van der Waals surface area contributed by atoms with E-state index in [1.165, 1.54) is 18.2 Å². The van der Waals surface area contributed by atoms with Gasteiger partial charge in [-0.3, -0.25) is 0 Å². The van der Waals surface area contributed by atoms with Crippen LogP contribution in [0, 0.1) is 0 Å². The number of aromatic nitrogens is 12. The molecule has 1 aromatic carbocycles. The second-order valence-electron chi connectivity index (χ2n) is 5.86. The molecule has 18 nitrogen and oxygen atoms in total. The molecule has 3 heterocycles. The second kappa shape index (κ2) is 8.29.